The zero-order valence-corrected chi connectivity index (χ0v) is 22.3. The maximum atomic E-state index is 13.2. The number of imidazole rings is 1. The lowest BCUT2D eigenvalue weighted by atomic mass is 10.1. The maximum Gasteiger partial charge on any atom is 0.254 e. The highest BCUT2D eigenvalue weighted by Crippen LogP contribution is 2.27. The van der Waals surface area contributed by atoms with Crippen LogP contribution < -0.4 is 14.8 Å². The number of hydrogen-bond donors (Lipinski definition) is 1. The number of benzene rings is 3. The van der Waals surface area contributed by atoms with Crippen LogP contribution in [-0.4, -0.2) is 53.1 Å². The summed E-state index contributed by atoms with van der Waals surface area (Å²) in [6.45, 7) is 5.63. The highest BCUT2D eigenvalue weighted by Gasteiger charge is 2.23. The number of carbonyl (C=O) groups excluding carboxylic acids is 2. The summed E-state index contributed by atoms with van der Waals surface area (Å²) in [6.07, 6.45) is 1.86. The van der Waals surface area contributed by atoms with Crippen molar-refractivity contribution in [3.63, 3.8) is 0 Å². The van der Waals surface area contributed by atoms with E-state index in [1.165, 1.54) is 0 Å². The predicted octanol–water partition coefficient (Wildman–Crippen LogP) is 5.35. The second-order valence-electron chi connectivity index (χ2n) is 9.19. The van der Waals surface area contributed by atoms with E-state index < -0.39 is 0 Å². The van der Waals surface area contributed by atoms with Gasteiger partial charge in [0.05, 0.1) is 19.9 Å². The van der Waals surface area contributed by atoms with Crippen LogP contribution in [0.2, 0.25) is 0 Å². The molecule has 0 spiro atoms. The number of rotatable bonds is 9. The first-order valence-corrected chi connectivity index (χ1v) is 12.3. The van der Waals surface area contributed by atoms with Crippen LogP contribution in [0.5, 0.6) is 11.5 Å². The molecule has 4 rings (SSSR count). The molecule has 4 aromatic rings. The molecule has 0 bridgehead atoms. The molecule has 38 heavy (non-hydrogen) atoms. The van der Waals surface area contributed by atoms with Crippen molar-refractivity contribution in [3.8, 4) is 28.4 Å². The molecule has 8 heteroatoms. The Morgan fingerprint density at radius 3 is 2.03 bits per heavy atom. The number of ether oxygens (including phenoxy) is 2. The quantitative estimate of drug-likeness (QED) is 0.327. The molecule has 0 saturated heterocycles. The molecule has 1 aromatic heterocycles. The number of aryl methyl sites for hydroxylation is 1. The summed E-state index contributed by atoms with van der Waals surface area (Å²) in [5.41, 5.74) is 3.94. The van der Waals surface area contributed by atoms with E-state index in [0.717, 1.165) is 28.3 Å². The van der Waals surface area contributed by atoms with Gasteiger partial charge in [-0.05, 0) is 81.4 Å². The molecule has 8 nitrogen and oxygen atoms in total. The molecule has 0 saturated carbocycles. The first-order chi connectivity index (χ1) is 18.3. The number of carbonyl (C=O) groups is 2. The van der Waals surface area contributed by atoms with E-state index in [1.54, 1.807) is 35.8 Å². The van der Waals surface area contributed by atoms with Gasteiger partial charge in [0.1, 0.15) is 18.0 Å². The molecule has 0 aliphatic heterocycles. The monoisotopic (exact) mass is 512 g/mol. The van der Waals surface area contributed by atoms with Crippen molar-refractivity contribution in [3.05, 3.63) is 90.1 Å². The average Bonchev–Trinajstić information content (AvgIpc) is 3.35. The van der Waals surface area contributed by atoms with Crippen molar-refractivity contribution in [1.82, 2.24) is 14.5 Å². The van der Waals surface area contributed by atoms with Crippen molar-refractivity contribution >= 4 is 17.8 Å². The van der Waals surface area contributed by atoms with Crippen molar-refractivity contribution in [2.75, 3.05) is 26.1 Å². The van der Waals surface area contributed by atoms with E-state index in [4.69, 9.17) is 14.5 Å². The summed E-state index contributed by atoms with van der Waals surface area (Å²) in [7, 11) is 3.23. The van der Waals surface area contributed by atoms with Crippen LogP contribution in [0.15, 0.2) is 79.0 Å². The summed E-state index contributed by atoms with van der Waals surface area (Å²) >= 11 is 0. The Balaban J connectivity index is 1.62. The molecule has 0 atom stereocenters. The Hall–Kier alpha value is -4.59. The van der Waals surface area contributed by atoms with Gasteiger partial charge < -0.3 is 14.4 Å². The van der Waals surface area contributed by atoms with Gasteiger partial charge in [-0.15, -0.1) is 0 Å². The van der Waals surface area contributed by atoms with Crippen LogP contribution in [0.3, 0.4) is 0 Å². The molecule has 3 aromatic carbocycles. The minimum Gasteiger partial charge on any atom is -0.497 e. The Labute approximate surface area is 222 Å². The van der Waals surface area contributed by atoms with Crippen LogP contribution in [0, 0.1) is 6.92 Å². The van der Waals surface area contributed by atoms with E-state index in [9.17, 15) is 9.59 Å². The lowest BCUT2D eigenvalue weighted by Crippen LogP contribution is -2.42. The molecule has 196 valence electrons. The summed E-state index contributed by atoms with van der Waals surface area (Å²) < 4.78 is 12.4. The summed E-state index contributed by atoms with van der Waals surface area (Å²) in [5, 5.41) is 2.91. The molecule has 0 radical (unpaired) electrons. The number of nitrogens with zero attached hydrogens (tertiary/aromatic N) is 3. The van der Waals surface area contributed by atoms with Crippen molar-refractivity contribution < 1.29 is 19.1 Å². The van der Waals surface area contributed by atoms with Gasteiger partial charge in [-0.2, -0.15) is 0 Å². The van der Waals surface area contributed by atoms with E-state index in [2.05, 4.69) is 5.32 Å². The van der Waals surface area contributed by atoms with Gasteiger partial charge in [0.25, 0.3) is 5.91 Å². The summed E-state index contributed by atoms with van der Waals surface area (Å²) in [5.74, 6) is 1.26. The second-order valence-corrected chi connectivity index (χ2v) is 9.19. The number of methoxy groups -OCH3 is 2. The highest BCUT2D eigenvalue weighted by atomic mass is 16.5. The lowest BCUT2D eigenvalue weighted by Gasteiger charge is -2.26. The fourth-order valence-corrected chi connectivity index (χ4v) is 3.98. The average molecular weight is 513 g/mol. The van der Waals surface area contributed by atoms with E-state index in [1.807, 2.05) is 87.6 Å². The minimum absolute atomic E-state index is 0.113. The number of amides is 2. The van der Waals surface area contributed by atoms with Crippen LogP contribution >= 0.6 is 0 Å². The summed E-state index contributed by atoms with van der Waals surface area (Å²) in [4.78, 5) is 32.7. The molecular weight excluding hydrogens is 480 g/mol. The van der Waals surface area contributed by atoms with Crippen molar-refractivity contribution in [2.45, 2.75) is 26.8 Å². The Bertz CT molecular complexity index is 1390. The Morgan fingerprint density at radius 1 is 0.895 bits per heavy atom. The number of nitrogens with one attached hydrogen (secondary N) is 1. The second kappa shape index (κ2) is 11.6. The zero-order valence-electron chi connectivity index (χ0n) is 22.3. The highest BCUT2D eigenvalue weighted by molar-refractivity contribution is 5.99. The standard InChI is InChI=1S/C30H32N4O4/c1-20(2)33(29(36)23-8-6-21(3)7-9-23)19-28(35)32-30-31-27(22-10-14-25(37-4)15-11-22)18-34(30)24-12-16-26(38-5)17-13-24/h6-18,20H,19H2,1-5H3,(H,31,32,35). The van der Waals surface area contributed by atoms with Crippen LogP contribution in [0.1, 0.15) is 29.8 Å². The van der Waals surface area contributed by atoms with Gasteiger partial charge >= 0.3 is 0 Å². The van der Waals surface area contributed by atoms with E-state index in [0.29, 0.717) is 17.2 Å². The molecule has 0 fully saturated rings. The van der Waals surface area contributed by atoms with Gasteiger partial charge in [0.15, 0.2) is 0 Å². The van der Waals surface area contributed by atoms with Crippen molar-refractivity contribution in [2.24, 2.45) is 0 Å². The molecule has 1 N–H and O–H groups in total. The third kappa shape index (κ3) is 6.03. The van der Waals surface area contributed by atoms with Crippen LogP contribution in [0.4, 0.5) is 5.95 Å². The topological polar surface area (TPSA) is 85.7 Å². The SMILES string of the molecule is COc1ccc(-c2cn(-c3ccc(OC)cc3)c(NC(=O)CN(C(=O)c3ccc(C)cc3)C(C)C)n2)cc1. The van der Waals surface area contributed by atoms with Gasteiger partial charge in [-0.3, -0.25) is 19.5 Å². The molecule has 2 amide bonds. The van der Waals surface area contributed by atoms with Gasteiger partial charge in [-0.1, -0.05) is 17.7 Å². The predicted molar refractivity (Wildman–Crippen MR) is 148 cm³/mol. The Morgan fingerprint density at radius 2 is 1.47 bits per heavy atom. The van der Waals surface area contributed by atoms with Crippen LogP contribution in [-0.2, 0) is 4.79 Å². The summed E-state index contributed by atoms with van der Waals surface area (Å²) in [6, 6.07) is 22.1. The number of hydrogen-bond acceptors (Lipinski definition) is 5. The lowest BCUT2D eigenvalue weighted by molar-refractivity contribution is -0.117. The minimum atomic E-state index is -0.346. The molecule has 0 aliphatic rings. The largest absolute Gasteiger partial charge is 0.497 e. The van der Waals surface area contributed by atoms with Gasteiger partial charge in [-0.25, -0.2) is 4.98 Å². The zero-order chi connectivity index (χ0) is 27.2. The third-order valence-corrected chi connectivity index (χ3v) is 6.19. The Kier molecular flexibility index (Phi) is 8.11. The van der Waals surface area contributed by atoms with Crippen molar-refractivity contribution in [1.29, 1.82) is 0 Å². The molecule has 0 aliphatic carbocycles. The molecule has 0 unspecified atom stereocenters. The fourth-order valence-electron chi connectivity index (χ4n) is 3.98. The number of anilines is 1. The van der Waals surface area contributed by atoms with E-state index >= 15 is 0 Å². The third-order valence-electron chi connectivity index (χ3n) is 6.19. The normalized spacial score (nSPS) is 10.8. The van der Waals surface area contributed by atoms with Gasteiger partial charge in [0.2, 0.25) is 11.9 Å². The number of aromatic nitrogens is 2. The fraction of sp³-hybridized carbons (Fsp3) is 0.233. The van der Waals surface area contributed by atoms with Crippen LogP contribution in [0.25, 0.3) is 16.9 Å². The first kappa shape index (κ1) is 26.5. The maximum absolute atomic E-state index is 13.2. The smallest absolute Gasteiger partial charge is 0.254 e. The molecule has 1 heterocycles. The van der Waals surface area contributed by atoms with Gasteiger partial charge in [0, 0.05) is 29.1 Å². The van der Waals surface area contributed by atoms with E-state index in [-0.39, 0.29) is 24.4 Å². The first-order valence-electron chi connectivity index (χ1n) is 12.3. The molecular formula is C30H32N4O4.